The zero-order valence-electron chi connectivity index (χ0n) is 11.1. The molecule has 0 atom stereocenters. The van der Waals surface area contributed by atoms with E-state index in [4.69, 9.17) is 15.0 Å². The summed E-state index contributed by atoms with van der Waals surface area (Å²) in [6, 6.07) is 10.00. The van der Waals surface area contributed by atoms with E-state index in [0.29, 0.717) is 5.88 Å². The Morgan fingerprint density at radius 1 is 1.32 bits per heavy atom. The highest BCUT2D eigenvalue weighted by atomic mass is 16.5. The minimum Gasteiger partial charge on any atom is -0.378 e. The minimum atomic E-state index is -0.0765. The van der Waals surface area contributed by atoms with Crippen LogP contribution in [0.2, 0.25) is 0 Å². The van der Waals surface area contributed by atoms with Crippen molar-refractivity contribution < 1.29 is 9.26 Å². The van der Waals surface area contributed by atoms with E-state index in [9.17, 15) is 0 Å². The Labute approximate surface area is 112 Å². The molecule has 4 heteroatoms. The summed E-state index contributed by atoms with van der Waals surface area (Å²) in [6.07, 6.45) is 4.12. The number of anilines is 1. The quantitative estimate of drug-likeness (QED) is 0.915. The lowest BCUT2D eigenvalue weighted by Crippen LogP contribution is -2.41. The third-order valence-corrected chi connectivity index (χ3v) is 4.04. The van der Waals surface area contributed by atoms with E-state index in [2.05, 4.69) is 5.16 Å². The molecule has 0 radical (unpaired) electrons. The molecule has 3 rings (SSSR count). The van der Waals surface area contributed by atoms with Crippen LogP contribution in [0.4, 0.5) is 5.88 Å². The van der Waals surface area contributed by atoms with Crippen LogP contribution in [0.3, 0.4) is 0 Å². The lowest BCUT2D eigenvalue weighted by molar-refractivity contribution is -0.0717. The molecule has 1 aromatic heterocycles. The zero-order valence-corrected chi connectivity index (χ0v) is 11.1. The average molecular weight is 258 g/mol. The van der Waals surface area contributed by atoms with Crippen LogP contribution in [0.1, 0.15) is 25.0 Å². The molecule has 0 aliphatic heterocycles. The van der Waals surface area contributed by atoms with Crippen molar-refractivity contribution in [3.63, 3.8) is 0 Å². The van der Waals surface area contributed by atoms with Gasteiger partial charge in [0.15, 0.2) is 0 Å². The van der Waals surface area contributed by atoms with Crippen molar-refractivity contribution in [2.45, 2.75) is 31.3 Å². The van der Waals surface area contributed by atoms with Crippen LogP contribution >= 0.6 is 0 Å². The van der Waals surface area contributed by atoms with Crippen molar-refractivity contribution in [2.24, 2.45) is 0 Å². The molecule has 19 heavy (non-hydrogen) atoms. The average Bonchev–Trinajstić information content (AvgIpc) is 2.76. The summed E-state index contributed by atoms with van der Waals surface area (Å²) in [5.41, 5.74) is 8.69. The summed E-state index contributed by atoms with van der Waals surface area (Å²) < 4.78 is 10.8. The molecule has 1 saturated carbocycles. The lowest BCUT2D eigenvalue weighted by Gasteiger charge is -2.40. The van der Waals surface area contributed by atoms with Gasteiger partial charge < -0.3 is 15.0 Å². The Bertz CT molecular complexity index is 553. The van der Waals surface area contributed by atoms with Crippen molar-refractivity contribution in [3.05, 3.63) is 36.0 Å². The number of ether oxygens (including phenoxy) is 1. The molecule has 2 N–H and O–H groups in total. The standard InChI is InChI=1S/C15H18N2O2/c1-18-15(8-5-9-15)10-12-13(14(16)19-17-12)11-6-3-2-4-7-11/h2-4,6-7H,5,8-10,16H2,1H3. The summed E-state index contributed by atoms with van der Waals surface area (Å²) in [4.78, 5) is 0. The number of hydrogen-bond donors (Lipinski definition) is 1. The third-order valence-electron chi connectivity index (χ3n) is 4.04. The molecule has 0 amide bonds. The Hall–Kier alpha value is -1.81. The number of aromatic nitrogens is 1. The van der Waals surface area contributed by atoms with E-state index >= 15 is 0 Å². The summed E-state index contributed by atoms with van der Waals surface area (Å²) in [6.45, 7) is 0. The van der Waals surface area contributed by atoms with Gasteiger partial charge in [0.05, 0.1) is 16.9 Å². The fraction of sp³-hybridized carbons (Fsp3) is 0.400. The predicted octanol–water partition coefficient (Wildman–Crippen LogP) is 3.04. The molecule has 0 unspecified atom stereocenters. The second-order valence-electron chi connectivity index (χ2n) is 5.15. The Kier molecular flexibility index (Phi) is 3.03. The van der Waals surface area contributed by atoms with Gasteiger partial charge in [0, 0.05) is 13.5 Å². The van der Waals surface area contributed by atoms with Gasteiger partial charge in [-0.25, -0.2) is 0 Å². The number of nitrogens with zero attached hydrogens (tertiary/aromatic N) is 1. The fourth-order valence-electron chi connectivity index (χ4n) is 2.70. The highest BCUT2D eigenvalue weighted by molar-refractivity contribution is 5.75. The van der Waals surface area contributed by atoms with E-state index in [-0.39, 0.29) is 5.60 Å². The van der Waals surface area contributed by atoms with Gasteiger partial charge in [-0.15, -0.1) is 0 Å². The molecule has 1 aliphatic rings. The molecule has 1 fully saturated rings. The summed E-state index contributed by atoms with van der Waals surface area (Å²) >= 11 is 0. The number of benzene rings is 1. The maximum absolute atomic E-state index is 5.92. The summed E-state index contributed by atoms with van der Waals surface area (Å²) in [5, 5.41) is 4.13. The normalized spacial score (nSPS) is 17.1. The molecule has 0 bridgehead atoms. The van der Waals surface area contributed by atoms with Gasteiger partial charge >= 0.3 is 0 Å². The molecule has 4 nitrogen and oxygen atoms in total. The van der Waals surface area contributed by atoms with Crippen molar-refractivity contribution in [1.82, 2.24) is 5.16 Å². The number of nitrogens with two attached hydrogens (primary N) is 1. The molecule has 2 aromatic rings. The van der Waals surface area contributed by atoms with Crippen molar-refractivity contribution in [1.29, 1.82) is 0 Å². The molecule has 1 heterocycles. The van der Waals surface area contributed by atoms with Gasteiger partial charge in [-0.1, -0.05) is 35.5 Å². The Morgan fingerprint density at radius 3 is 2.63 bits per heavy atom. The third kappa shape index (κ3) is 2.12. The minimum absolute atomic E-state index is 0.0765. The first-order valence-corrected chi connectivity index (χ1v) is 6.59. The first-order chi connectivity index (χ1) is 9.24. The number of methoxy groups -OCH3 is 1. The monoisotopic (exact) mass is 258 g/mol. The van der Waals surface area contributed by atoms with E-state index in [0.717, 1.165) is 36.1 Å². The Morgan fingerprint density at radius 2 is 2.05 bits per heavy atom. The molecule has 1 aliphatic carbocycles. The topological polar surface area (TPSA) is 61.3 Å². The van der Waals surface area contributed by atoms with Gasteiger partial charge in [-0.2, -0.15) is 0 Å². The van der Waals surface area contributed by atoms with E-state index in [1.807, 2.05) is 30.3 Å². The van der Waals surface area contributed by atoms with Crippen LogP contribution in [0.25, 0.3) is 11.1 Å². The number of rotatable bonds is 4. The van der Waals surface area contributed by atoms with E-state index in [1.54, 1.807) is 7.11 Å². The highest BCUT2D eigenvalue weighted by Gasteiger charge is 2.39. The number of hydrogen-bond acceptors (Lipinski definition) is 4. The maximum Gasteiger partial charge on any atom is 0.230 e. The largest absolute Gasteiger partial charge is 0.378 e. The highest BCUT2D eigenvalue weighted by Crippen LogP contribution is 2.40. The molecule has 1 aromatic carbocycles. The molecule has 0 saturated heterocycles. The lowest BCUT2D eigenvalue weighted by atomic mass is 9.76. The summed E-state index contributed by atoms with van der Waals surface area (Å²) in [5.74, 6) is 0.381. The summed E-state index contributed by atoms with van der Waals surface area (Å²) in [7, 11) is 1.77. The maximum atomic E-state index is 5.92. The van der Waals surface area contributed by atoms with Gasteiger partial charge in [-0.05, 0) is 24.8 Å². The van der Waals surface area contributed by atoms with Crippen molar-refractivity contribution in [3.8, 4) is 11.1 Å². The smallest absolute Gasteiger partial charge is 0.230 e. The van der Waals surface area contributed by atoms with E-state index in [1.165, 1.54) is 6.42 Å². The van der Waals surface area contributed by atoms with Gasteiger partial charge in [-0.3, -0.25) is 0 Å². The van der Waals surface area contributed by atoms with Gasteiger partial charge in [0.25, 0.3) is 0 Å². The SMILES string of the molecule is COC1(Cc2noc(N)c2-c2ccccc2)CCC1. The first kappa shape index (κ1) is 12.2. The van der Waals surface area contributed by atoms with Crippen LogP contribution in [-0.2, 0) is 11.2 Å². The Balaban J connectivity index is 1.95. The zero-order chi connectivity index (χ0) is 13.3. The van der Waals surface area contributed by atoms with Crippen LogP contribution in [0, 0.1) is 0 Å². The van der Waals surface area contributed by atoms with Crippen LogP contribution in [-0.4, -0.2) is 17.9 Å². The van der Waals surface area contributed by atoms with Crippen molar-refractivity contribution in [2.75, 3.05) is 12.8 Å². The predicted molar refractivity (Wildman–Crippen MR) is 73.6 cm³/mol. The van der Waals surface area contributed by atoms with Crippen LogP contribution < -0.4 is 5.73 Å². The molecule has 0 spiro atoms. The second kappa shape index (κ2) is 4.70. The molecule has 100 valence electrons. The molecular formula is C15H18N2O2. The van der Waals surface area contributed by atoms with Crippen LogP contribution in [0.15, 0.2) is 34.9 Å². The fourth-order valence-corrected chi connectivity index (χ4v) is 2.70. The molecular weight excluding hydrogens is 240 g/mol. The second-order valence-corrected chi connectivity index (χ2v) is 5.15. The van der Waals surface area contributed by atoms with Crippen molar-refractivity contribution >= 4 is 5.88 Å². The van der Waals surface area contributed by atoms with Crippen LogP contribution in [0.5, 0.6) is 0 Å². The van der Waals surface area contributed by atoms with E-state index < -0.39 is 0 Å². The number of nitrogen functional groups attached to an aromatic ring is 1. The first-order valence-electron chi connectivity index (χ1n) is 6.59. The van der Waals surface area contributed by atoms with Gasteiger partial charge in [0.2, 0.25) is 5.88 Å². The van der Waals surface area contributed by atoms with Gasteiger partial charge in [0.1, 0.15) is 0 Å².